The van der Waals surface area contributed by atoms with Crippen LogP contribution < -0.4 is 5.32 Å². The predicted molar refractivity (Wildman–Crippen MR) is 66.1 cm³/mol. The lowest BCUT2D eigenvalue weighted by atomic mass is 10.1. The molecule has 0 fully saturated rings. The minimum Gasteiger partial charge on any atom is -0.356 e. The zero-order valence-corrected chi connectivity index (χ0v) is 9.96. The molecule has 0 atom stereocenters. The number of benzene rings is 1. The number of rotatable bonds is 7. The average Bonchev–Trinajstić information content (AvgIpc) is 2.30. The highest BCUT2D eigenvalue weighted by atomic mass is 16.1. The third-order valence-electron chi connectivity index (χ3n) is 2.48. The molecule has 0 heterocycles. The Morgan fingerprint density at radius 3 is 2.88 bits per heavy atom. The maximum absolute atomic E-state index is 11.5. The Labute approximate surface area is 98.1 Å². The Morgan fingerprint density at radius 1 is 1.31 bits per heavy atom. The van der Waals surface area contributed by atoms with Crippen LogP contribution in [0.5, 0.6) is 0 Å². The van der Waals surface area contributed by atoms with Crippen molar-refractivity contribution < 1.29 is 4.79 Å². The van der Waals surface area contributed by atoms with Gasteiger partial charge in [0.2, 0.25) is 5.91 Å². The van der Waals surface area contributed by atoms with E-state index in [1.54, 1.807) is 0 Å². The van der Waals surface area contributed by atoms with Gasteiger partial charge in [-0.1, -0.05) is 50.5 Å². The van der Waals surface area contributed by atoms with Crippen molar-refractivity contribution in [3.63, 3.8) is 0 Å². The smallest absolute Gasteiger partial charge is 0.224 e. The summed E-state index contributed by atoms with van der Waals surface area (Å²) in [5, 5.41) is 2.93. The van der Waals surface area contributed by atoms with Crippen molar-refractivity contribution in [3.05, 3.63) is 35.9 Å². The Balaban J connectivity index is 2.12. The highest BCUT2D eigenvalue weighted by molar-refractivity contribution is 5.78. The molecule has 0 saturated carbocycles. The highest BCUT2D eigenvalue weighted by Crippen LogP contribution is 1.99. The first-order chi connectivity index (χ1) is 7.83. The summed E-state index contributed by atoms with van der Waals surface area (Å²) < 4.78 is 0. The Kier molecular flexibility index (Phi) is 6.31. The molecule has 0 aromatic heterocycles. The summed E-state index contributed by atoms with van der Waals surface area (Å²) in [7, 11) is 0. The van der Waals surface area contributed by atoms with Crippen LogP contribution in [0.2, 0.25) is 0 Å². The highest BCUT2D eigenvalue weighted by Gasteiger charge is 2.01. The van der Waals surface area contributed by atoms with Crippen LogP contribution in [0.15, 0.2) is 24.3 Å². The fraction of sp³-hybridized carbons (Fsp3) is 0.500. The topological polar surface area (TPSA) is 29.1 Å². The molecule has 0 saturated heterocycles. The third kappa shape index (κ3) is 5.54. The molecule has 2 nitrogen and oxygen atoms in total. The van der Waals surface area contributed by atoms with Crippen LogP contribution in [0.4, 0.5) is 0 Å². The van der Waals surface area contributed by atoms with Crippen molar-refractivity contribution in [2.24, 2.45) is 0 Å². The van der Waals surface area contributed by atoms with Crippen molar-refractivity contribution in [2.75, 3.05) is 6.54 Å². The molecule has 1 aromatic carbocycles. The largest absolute Gasteiger partial charge is 0.356 e. The Morgan fingerprint density at radius 2 is 2.19 bits per heavy atom. The van der Waals surface area contributed by atoms with E-state index in [1.807, 2.05) is 24.3 Å². The van der Waals surface area contributed by atoms with Gasteiger partial charge in [0.15, 0.2) is 0 Å². The van der Waals surface area contributed by atoms with E-state index in [1.165, 1.54) is 19.3 Å². The second kappa shape index (κ2) is 7.91. The minimum atomic E-state index is 0.0962. The van der Waals surface area contributed by atoms with Gasteiger partial charge in [0.05, 0.1) is 6.42 Å². The quantitative estimate of drug-likeness (QED) is 0.700. The van der Waals surface area contributed by atoms with Crippen LogP contribution in [0.3, 0.4) is 0 Å². The van der Waals surface area contributed by atoms with Crippen LogP contribution in [-0.4, -0.2) is 12.5 Å². The van der Waals surface area contributed by atoms with Crippen LogP contribution in [-0.2, 0) is 11.2 Å². The van der Waals surface area contributed by atoms with Crippen molar-refractivity contribution in [1.29, 1.82) is 0 Å². The van der Waals surface area contributed by atoms with Gasteiger partial charge in [-0.25, -0.2) is 0 Å². The molecule has 1 N–H and O–H groups in total. The number of amides is 1. The fourth-order valence-electron chi connectivity index (χ4n) is 1.56. The summed E-state index contributed by atoms with van der Waals surface area (Å²) in [6.45, 7) is 2.98. The number of carbonyl (C=O) groups excluding carboxylic acids is 1. The van der Waals surface area contributed by atoms with Gasteiger partial charge in [-0.15, -0.1) is 0 Å². The zero-order chi connectivity index (χ0) is 11.6. The lowest BCUT2D eigenvalue weighted by molar-refractivity contribution is -0.120. The maximum Gasteiger partial charge on any atom is 0.224 e. The second-order valence-corrected chi connectivity index (χ2v) is 3.98. The minimum absolute atomic E-state index is 0.0962. The zero-order valence-electron chi connectivity index (χ0n) is 9.96. The summed E-state index contributed by atoms with van der Waals surface area (Å²) in [6.07, 6.45) is 5.20. The third-order valence-corrected chi connectivity index (χ3v) is 2.48. The molecule has 1 radical (unpaired) electrons. The van der Waals surface area contributed by atoms with Gasteiger partial charge in [0.1, 0.15) is 0 Å². The SMILES string of the molecule is CCCCCCNC(=O)Cc1[c]cccc1. The molecule has 2 heteroatoms. The van der Waals surface area contributed by atoms with Crippen molar-refractivity contribution in [1.82, 2.24) is 5.32 Å². The van der Waals surface area contributed by atoms with Crippen molar-refractivity contribution >= 4 is 5.91 Å². The first-order valence-corrected chi connectivity index (χ1v) is 6.05. The molecule has 1 amide bonds. The molecule has 16 heavy (non-hydrogen) atoms. The monoisotopic (exact) mass is 218 g/mol. The van der Waals surface area contributed by atoms with E-state index >= 15 is 0 Å². The molecule has 1 aromatic rings. The van der Waals surface area contributed by atoms with Crippen LogP contribution >= 0.6 is 0 Å². The van der Waals surface area contributed by atoms with E-state index in [0.717, 1.165) is 18.5 Å². The summed E-state index contributed by atoms with van der Waals surface area (Å²) in [6, 6.07) is 10.7. The summed E-state index contributed by atoms with van der Waals surface area (Å²) in [5.41, 5.74) is 0.952. The van der Waals surface area contributed by atoms with E-state index in [4.69, 9.17) is 0 Å². The van der Waals surface area contributed by atoms with Crippen molar-refractivity contribution in [2.45, 2.75) is 39.0 Å². The lowest BCUT2D eigenvalue weighted by Gasteiger charge is -2.04. The number of carbonyl (C=O) groups is 1. The van der Waals surface area contributed by atoms with Gasteiger partial charge in [0.25, 0.3) is 0 Å². The molecule has 87 valence electrons. The van der Waals surface area contributed by atoms with E-state index in [2.05, 4.69) is 18.3 Å². The lowest BCUT2D eigenvalue weighted by Crippen LogP contribution is -2.26. The first kappa shape index (κ1) is 12.8. The fourth-order valence-corrected chi connectivity index (χ4v) is 1.56. The van der Waals surface area contributed by atoms with Gasteiger partial charge in [0, 0.05) is 6.54 Å². The van der Waals surface area contributed by atoms with Crippen LogP contribution in [0.1, 0.15) is 38.2 Å². The number of unbranched alkanes of at least 4 members (excludes halogenated alkanes) is 3. The summed E-state index contributed by atoms with van der Waals surface area (Å²) in [5.74, 6) is 0.0962. The van der Waals surface area contributed by atoms with Gasteiger partial charge in [-0.05, 0) is 18.1 Å². The van der Waals surface area contributed by atoms with E-state index in [0.29, 0.717) is 6.42 Å². The molecule has 0 aliphatic rings. The number of nitrogens with one attached hydrogen (secondary N) is 1. The van der Waals surface area contributed by atoms with E-state index < -0.39 is 0 Å². The normalized spacial score (nSPS) is 10.1. The molecular weight excluding hydrogens is 198 g/mol. The van der Waals surface area contributed by atoms with Crippen LogP contribution in [0.25, 0.3) is 0 Å². The van der Waals surface area contributed by atoms with Gasteiger partial charge in [-0.3, -0.25) is 4.79 Å². The number of hydrogen-bond acceptors (Lipinski definition) is 1. The van der Waals surface area contributed by atoms with Gasteiger partial charge < -0.3 is 5.32 Å². The molecule has 0 unspecified atom stereocenters. The molecule has 0 aliphatic carbocycles. The predicted octanol–water partition coefficient (Wildman–Crippen LogP) is 2.73. The van der Waals surface area contributed by atoms with E-state index in [-0.39, 0.29) is 5.91 Å². The first-order valence-electron chi connectivity index (χ1n) is 6.05. The van der Waals surface area contributed by atoms with Crippen molar-refractivity contribution in [3.8, 4) is 0 Å². The Hall–Kier alpha value is -1.31. The molecular formula is C14H20NO. The second-order valence-electron chi connectivity index (χ2n) is 3.98. The van der Waals surface area contributed by atoms with Gasteiger partial charge in [-0.2, -0.15) is 0 Å². The molecule has 0 aliphatic heterocycles. The summed E-state index contributed by atoms with van der Waals surface area (Å²) >= 11 is 0. The molecule has 0 spiro atoms. The van der Waals surface area contributed by atoms with Gasteiger partial charge >= 0.3 is 0 Å². The number of hydrogen-bond donors (Lipinski definition) is 1. The van der Waals surface area contributed by atoms with E-state index in [9.17, 15) is 4.79 Å². The molecule has 1 rings (SSSR count). The standard InChI is InChI=1S/C14H20NO/c1-2-3-4-8-11-15-14(16)12-13-9-6-5-7-10-13/h5-7,9H,2-4,8,11-12H2,1H3,(H,15,16). The van der Waals surface area contributed by atoms with Crippen LogP contribution in [0, 0.1) is 6.07 Å². The molecule has 0 bridgehead atoms. The maximum atomic E-state index is 11.5. The Bertz CT molecular complexity index is 295. The summed E-state index contributed by atoms with van der Waals surface area (Å²) in [4.78, 5) is 11.5. The average molecular weight is 218 g/mol.